The molecule has 3 unspecified atom stereocenters. The maximum absolute atomic E-state index is 3.65. The highest BCUT2D eigenvalue weighted by Gasteiger charge is 2.35. The zero-order valence-corrected chi connectivity index (χ0v) is 11.4. The van der Waals surface area contributed by atoms with Crippen LogP contribution < -0.4 is 5.32 Å². The van der Waals surface area contributed by atoms with Crippen molar-refractivity contribution in [3.05, 3.63) is 0 Å². The van der Waals surface area contributed by atoms with E-state index in [-0.39, 0.29) is 0 Å². The maximum atomic E-state index is 3.65. The molecule has 1 N–H and O–H groups in total. The molecule has 0 radical (unpaired) electrons. The van der Waals surface area contributed by atoms with Crippen molar-refractivity contribution >= 4 is 0 Å². The Balaban J connectivity index is 2.00. The molecule has 1 heterocycles. The molecule has 2 heteroatoms. The molecule has 1 aliphatic heterocycles. The molecule has 0 amide bonds. The Bertz CT molecular complexity index is 237. The third-order valence-corrected chi connectivity index (χ3v) is 4.40. The number of nitrogens with zero attached hydrogens (tertiary/aromatic N) is 1. The van der Waals surface area contributed by atoms with Gasteiger partial charge in [-0.25, -0.2) is 0 Å². The molecular formula is C14H28N2. The van der Waals surface area contributed by atoms with E-state index >= 15 is 0 Å². The van der Waals surface area contributed by atoms with E-state index in [1.54, 1.807) is 0 Å². The Morgan fingerprint density at radius 2 is 1.94 bits per heavy atom. The van der Waals surface area contributed by atoms with Crippen molar-refractivity contribution < 1.29 is 0 Å². The van der Waals surface area contributed by atoms with Gasteiger partial charge in [-0.1, -0.05) is 19.8 Å². The largest absolute Gasteiger partial charge is 0.309 e. The van der Waals surface area contributed by atoms with Gasteiger partial charge in [0.15, 0.2) is 0 Å². The van der Waals surface area contributed by atoms with Crippen molar-refractivity contribution in [1.82, 2.24) is 10.2 Å². The lowest BCUT2D eigenvalue weighted by Gasteiger charge is -2.48. The number of rotatable bonds is 1. The van der Waals surface area contributed by atoms with Gasteiger partial charge in [0.2, 0.25) is 0 Å². The van der Waals surface area contributed by atoms with Crippen LogP contribution >= 0.6 is 0 Å². The Hall–Kier alpha value is -0.0800. The van der Waals surface area contributed by atoms with E-state index in [1.807, 2.05) is 0 Å². The fourth-order valence-electron chi connectivity index (χ4n) is 3.40. The first-order valence-corrected chi connectivity index (χ1v) is 6.99. The van der Waals surface area contributed by atoms with Gasteiger partial charge in [0.1, 0.15) is 0 Å². The van der Waals surface area contributed by atoms with Crippen molar-refractivity contribution in [2.75, 3.05) is 13.1 Å². The Morgan fingerprint density at radius 3 is 2.62 bits per heavy atom. The Morgan fingerprint density at radius 1 is 1.19 bits per heavy atom. The average Bonchev–Trinajstić information content (AvgIpc) is 2.22. The standard InChI is InChI=1S/C14H28N2/c1-11-6-5-7-13(8-11)16-10-14(3,4)15-9-12(16)2/h11-13,15H,5-10H2,1-4H3. The first-order valence-electron chi connectivity index (χ1n) is 6.99. The molecule has 2 nitrogen and oxygen atoms in total. The first kappa shape index (κ1) is 12.4. The summed E-state index contributed by atoms with van der Waals surface area (Å²) in [6.45, 7) is 11.8. The zero-order valence-electron chi connectivity index (χ0n) is 11.4. The molecule has 1 aliphatic carbocycles. The molecule has 16 heavy (non-hydrogen) atoms. The highest BCUT2D eigenvalue weighted by Crippen LogP contribution is 2.30. The van der Waals surface area contributed by atoms with Crippen LogP contribution in [0.4, 0.5) is 0 Å². The number of nitrogens with one attached hydrogen (secondary N) is 1. The molecule has 2 aliphatic rings. The van der Waals surface area contributed by atoms with Crippen LogP contribution in [0.25, 0.3) is 0 Å². The van der Waals surface area contributed by atoms with Gasteiger partial charge in [0, 0.05) is 30.7 Å². The van der Waals surface area contributed by atoms with Crippen molar-refractivity contribution in [3.8, 4) is 0 Å². The SMILES string of the molecule is CC1CCCC(N2CC(C)(C)NCC2C)C1. The second kappa shape index (κ2) is 4.66. The number of hydrogen-bond acceptors (Lipinski definition) is 2. The second-order valence-electron chi connectivity index (χ2n) is 6.71. The van der Waals surface area contributed by atoms with Gasteiger partial charge >= 0.3 is 0 Å². The molecule has 2 rings (SSSR count). The summed E-state index contributed by atoms with van der Waals surface area (Å²) in [4.78, 5) is 2.77. The van der Waals surface area contributed by atoms with Gasteiger partial charge in [-0.05, 0) is 39.5 Å². The van der Waals surface area contributed by atoms with Crippen LogP contribution in [0.3, 0.4) is 0 Å². The smallest absolute Gasteiger partial charge is 0.0253 e. The van der Waals surface area contributed by atoms with Crippen LogP contribution in [0.5, 0.6) is 0 Å². The molecule has 0 bridgehead atoms. The normalized spacial score (nSPS) is 40.9. The molecule has 1 saturated carbocycles. The molecule has 2 fully saturated rings. The molecule has 0 aromatic carbocycles. The van der Waals surface area contributed by atoms with Gasteiger partial charge in [-0.2, -0.15) is 0 Å². The zero-order chi connectivity index (χ0) is 11.8. The summed E-state index contributed by atoms with van der Waals surface area (Å²) in [7, 11) is 0. The lowest BCUT2D eigenvalue weighted by molar-refractivity contribution is 0.0369. The van der Waals surface area contributed by atoms with E-state index in [2.05, 4.69) is 37.9 Å². The summed E-state index contributed by atoms with van der Waals surface area (Å²) >= 11 is 0. The average molecular weight is 224 g/mol. The maximum Gasteiger partial charge on any atom is 0.0253 e. The summed E-state index contributed by atoms with van der Waals surface area (Å²) in [5, 5.41) is 3.65. The second-order valence-corrected chi connectivity index (χ2v) is 6.71. The van der Waals surface area contributed by atoms with Crippen molar-refractivity contribution in [3.63, 3.8) is 0 Å². The third-order valence-electron chi connectivity index (χ3n) is 4.40. The molecule has 94 valence electrons. The summed E-state index contributed by atoms with van der Waals surface area (Å²) in [5.74, 6) is 0.934. The summed E-state index contributed by atoms with van der Waals surface area (Å²) < 4.78 is 0. The molecule has 0 aromatic rings. The minimum Gasteiger partial charge on any atom is -0.309 e. The van der Waals surface area contributed by atoms with E-state index in [4.69, 9.17) is 0 Å². The fourth-order valence-corrected chi connectivity index (χ4v) is 3.40. The van der Waals surface area contributed by atoms with Gasteiger partial charge in [-0.3, -0.25) is 4.90 Å². The van der Waals surface area contributed by atoms with Crippen LogP contribution in [0.15, 0.2) is 0 Å². The molecule has 3 atom stereocenters. The van der Waals surface area contributed by atoms with E-state index < -0.39 is 0 Å². The van der Waals surface area contributed by atoms with Gasteiger partial charge < -0.3 is 5.32 Å². The third kappa shape index (κ3) is 2.78. The Kier molecular flexibility index (Phi) is 3.60. The minimum absolute atomic E-state index is 0.299. The van der Waals surface area contributed by atoms with Crippen LogP contribution in [0.1, 0.15) is 53.4 Å². The van der Waals surface area contributed by atoms with Crippen molar-refractivity contribution in [2.45, 2.75) is 71.0 Å². The van der Waals surface area contributed by atoms with Crippen LogP contribution in [0.2, 0.25) is 0 Å². The lowest BCUT2D eigenvalue weighted by Crippen LogP contribution is -2.63. The quantitative estimate of drug-likeness (QED) is 0.736. The molecule has 0 aromatic heterocycles. The van der Waals surface area contributed by atoms with E-state index in [0.717, 1.165) is 18.5 Å². The highest BCUT2D eigenvalue weighted by atomic mass is 15.3. The molecule has 1 saturated heterocycles. The van der Waals surface area contributed by atoms with E-state index in [1.165, 1.54) is 32.2 Å². The van der Waals surface area contributed by atoms with Gasteiger partial charge in [0.25, 0.3) is 0 Å². The fraction of sp³-hybridized carbons (Fsp3) is 1.00. The predicted molar refractivity (Wildman–Crippen MR) is 69.7 cm³/mol. The predicted octanol–water partition coefficient (Wildman–Crippen LogP) is 2.64. The van der Waals surface area contributed by atoms with Crippen molar-refractivity contribution in [2.24, 2.45) is 5.92 Å². The van der Waals surface area contributed by atoms with E-state index in [9.17, 15) is 0 Å². The summed E-state index contributed by atoms with van der Waals surface area (Å²) in [5.41, 5.74) is 0.299. The van der Waals surface area contributed by atoms with E-state index in [0.29, 0.717) is 11.6 Å². The number of piperazine rings is 1. The van der Waals surface area contributed by atoms with Crippen LogP contribution in [-0.2, 0) is 0 Å². The topological polar surface area (TPSA) is 15.3 Å². The monoisotopic (exact) mass is 224 g/mol. The summed E-state index contributed by atoms with van der Waals surface area (Å²) in [6, 6.07) is 1.56. The van der Waals surface area contributed by atoms with Crippen molar-refractivity contribution in [1.29, 1.82) is 0 Å². The molecule has 0 spiro atoms. The number of hydrogen-bond donors (Lipinski definition) is 1. The molecular weight excluding hydrogens is 196 g/mol. The van der Waals surface area contributed by atoms with Gasteiger partial charge in [0.05, 0.1) is 0 Å². The highest BCUT2D eigenvalue weighted by molar-refractivity contribution is 4.94. The first-order chi connectivity index (χ1) is 7.48. The summed E-state index contributed by atoms with van der Waals surface area (Å²) in [6.07, 6.45) is 5.72. The lowest BCUT2D eigenvalue weighted by atomic mass is 9.84. The Labute approximate surface area is 101 Å². The van der Waals surface area contributed by atoms with Crippen LogP contribution in [0, 0.1) is 5.92 Å². The van der Waals surface area contributed by atoms with Crippen LogP contribution in [-0.4, -0.2) is 35.6 Å². The minimum atomic E-state index is 0.299. The van der Waals surface area contributed by atoms with Gasteiger partial charge in [-0.15, -0.1) is 0 Å².